The van der Waals surface area contributed by atoms with Crippen LogP contribution in [0.1, 0.15) is 39.7 Å². The van der Waals surface area contributed by atoms with Crippen molar-refractivity contribution in [3.8, 4) is 0 Å². The molecular weight excluding hydrogens is 182 g/mol. The first-order valence-corrected chi connectivity index (χ1v) is 5.99. The lowest BCUT2D eigenvalue weighted by atomic mass is 10.1. The maximum absolute atomic E-state index is 3.40. The van der Waals surface area contributed by atoms with Crippen molar-refractivity contribution in [1.82, 2.24) is 0 Å². The minimum absolute atomic E-state index is 0.776. The van der Waals surface area contributed by atoms with Gasteiger partial charge in [0.25, 0.3) is 0 Å². The number of nitrogens with one attached hydrogen (secondary N) is 1. The molecule has 0 aliphatic rings. The fourth-order valence-corrected chi connectivity index (χ4v) is 1.18. The van der Waals surface area contributed by atoms with Gasteiger partial charge in [-0.05, 0) is 31.4 Å². The molecule has 15 heavy (non-hydrogen) atoms. The van der Waals surface area contributed by atoms with Gasteiger partial charge in [0, 0.05) is 12.2 Å². The van der Waals surface area contributed by atoms with Crippen LogP contribution in [0.5, 0.6) is 0 Å². The fourth-order valence-electron chi connectivity index (χ4n) is 1.18. The van der Waals surface area contributed by atoms with Crippen molar-refractivity contribution in [3.63, 3.8) is 0 Å². The predicted octanol–water partition coefficient (Wildman–Crippen LogP) is 4.48. The summed E-state index contributed by atoms with van der Waals surface area (Å²) >= 11 is 0. The van der Waals surface area contributed by atoms with Crippen LogP contribution in [-0.4, -0.2) is 6.54 Å². The van der Waals surface area contributed by atoms with E-state index in [-0.39, 0.29) is 0 Å². The number of anilines is 1. The van der Waals surface area contributed by atoms with Crippen LogP contribution >= 0.6 is 0 Å². The van der Waals surface area contributed by atoms with Crippen LogP contribution < -0.4 is 5.32 Å². The van der Waals surface area contributed by atoms with Crippen molar-refractivity contribution in [2.24, 2.45) is 5.92 Å². The summed E-state index contributed by atoms with van der Waals surface area (Å²) in [5.74, 6) is 0.776. The van der Waals surface area contributed by atoms with Gasteiger partial charge in [0.1, 0.15) is 0 Å². The lowest BCUT2D eigenvalue weighted by Gasteiger charge is -2.08. The normalized spacial score (nSPS) is 9.47. The molecule has 0 spiro atoms. The van der Waals surface area contributed by atoms with Gasteiger partial charge in [0.05, 0.1) is 0 Å². The Morgan fingerprint density at radius 2 is 1.60 bits per heavy atom. The topological polar surface area (TPSA) is 12.0 Å². The minimum atomic E-state index is 0.776. The SMILES string of the molecule is CC.Cc1ccc(NCCC(C)C)cc1. The van der Waals surface area contributed by atoms with E-state index in [9.17, 15) is 0 Å². The molecule has 0 bridgehead atoms. The maximum Gasteiger partial charge on any atom is 0.0340 e. The van der Waals surface area contributed by atoms with E-state index in [1.54, 1.807) is 0 Å². The second kappa shape index (κ2) is 8.34. The molecular formula is C14H25N. The molecule has 86 valence electrons. The highest BCUT2D eigenvalue weighted by Gasteiger charge is 1.93. The van der Waals surface area contributed by atoms with E-state index in [4.69, 9.17) is 0 Å². The molecule has 0 fully saturated rings. The fraction of sp³-hybridized carbons (Fsp3) is 0.571. The third-order valence-corrected chi connectivity index (χ3v) is 2.10. The molecule has 1 nitrogen and oxygen atoms in total. The summed E-state index contributed by atoms with van der Waals surface area (Å²) < 4.78 is 0. The first kappa shape index (κ1) is 14.0. The van der Waals surface area contributed by atoms with Crippen LogP contribution in [0, 0.1) is 12.8 Å². The minimum Gasteiger partial charge on any atom is -0.385 e. The van der Waals surface area contributed by atoms with Crippen molar-refractivity contribution in [2.75, 3.05) is 11.9 Å². The maximum atomic E-state index is 3.40. The zero-order valence-electron chi connectivity index (χ0n) is 10.8. The van der Waals surface area contributed by atoms with E-state index in [0.29, 0.717) is 0 Å². The van der Waals surface area contributed by atoms with Gasteiger partial charge in [-0.25, -0.2) is 0 Å². The van der Waals surface area contributed by atoms with Gasteiger partial charge in [-0.3, -0.25) is 0 Å². The van der Waals surface area contributed by atoms with E-state index >= 15 is 0 Å². The molecule has 0 saturated carbocycles. The third-order valence-electron chi connectivity index (χ3n) is 2.10. The van der Waals surface area contributed by atoms with Crippen LogP contribution in [0.4, 0.5) is 5.69 Å². The van der Waals surface area contributed by atoms with E-state index in [1.807, 2.05) is 13.8 Å². The van der Waals surface area contributed by atoms with Crippen molar-refractivity contribution < 1.29 is 0 Å². The molecule has 0 saturated heterocycles. The Morgan fingerprint density at radius 3 is 2.07 bits per heavy atom. The first-order valence-electron chi connectivity index (χ1n) is 5.99. The Kier molecular flexibility index (Phi) is 7.79. The Morgan fingerprint density at radius 1 is 1.07 bits per heavy atom. The smallest absolute Gasteiger partial charge is 0.0340 e. The zero-order chi connectivity index (χ0) is 11.7. The average molecular weight is 207 g/mol. The monoisotopic (exact) mass is 207 g/mol. The number of hydrogen-bond acceptors (Lipinski definition) is 1. The van der Waals surface area contributed by atoms with Crippen LogP contribution in [0.15, 0.2) is 24.3 Å². The molecule has 0 unspecified atom stereocenters. The summed E-state index contributed by atoms with van der Waals surface area (Å²) in [5, 5.41) is 3.40. The standard InChI is InChI=1S/C12H19N.C2H6/c1-10(2)8-9-13-12-6-4-11(3)5-7-12;1-2/h4-7,10,13H,8-9H2,1-3H3;1-2H3. The summed E-state index contributed by atoms with van der Waals surface area (Å²) in [4.78, 5) is 0. The first-order chi connectivity index (χ1) is 7.18. The lowest BCUT2D eigenvalue weighted by molar-refractivity contribution is 0.607. The zero-order valence-corrected chi connectivity index (χ0v) is 10.8. The van der Waals surface area contributed by atoms with E-state index in [0.717, 1.165) is 12.5 Å². The number of rotatable bonds is 4. The van der Waals surface area contributed by atoms with Gasteiger partial charge in [-0.15, -0.1) is 0 Å². The number of benzene rings is 1. The van der Waals surface area contributed by atoms with Gasteiger partial charge in [-0.2, -0.15) is 0 Å². The molecule has 1 rings (SSSR count). The van der Waals surface area contributed by atoms with E-state index in [2.05, 4.69) is 50.4 Å². The van der Waals surface area contributed by atoms with Crippen LogP contribution in [0.2, 0.25) is 0 Å². The number of aryl methyl sites for hydroxylation is 1. The summed E-state index contributed by atoms with van der Waals surface area (Å²) in [7, 11) is 0. The molecule has 0 aliphatic carbocycles. The summed E-state index contributed by atoms with van der Waals surface area (Å²) in [6, 6.07) is 8.54. The van der Waals surface area contributed by atoms with Crippen molar-refractivity contribution >= 4 is 5.69 Å². The van der Waals surface area contributed by atoms with Gasteiger partial charge in [0.15, 0.2) is 0 Å². The summed E-state index contributed by atoms with van der Waals surface area (Å²) in [5.41, 5.74) is 2.54. The molecule has 0 radical (unpaired) electrons. The van der Waals surface area contributed by atoms with Gasteiger partial charge >= 0.3 is 0 Å². The van der Waals surface area contributed by atoms with Crippen molar-refractivity contribution in [1.29, 1.82) is 0 Å². The number of hydrogen-bond donors (Lipinski definition) is 1. The summed E-state index contributed by atoms with van der Waals surface area (Å²) in [6.07, 6.45) is 1.23. The molecule has 1 aromatic carbocycles. The Labute approximate surface area is 94.9 Å². The van der Waals surface area contributed by atoms with E-state index < -0.39 is 0 Å². The average Bonchev–Trinajstić information content (AvgIpc) is 2.23. The highest BCUT2D eigenvalue weighted by atomic mass is 14.9. The van der Waals surface area contributed by atoms with Gasteiger partial charge in [0.2, 0.25) is 0 Å². The second-order valence-electron chi connectivity index (χ2n) is 3.98. The highest BCUT2D eigenvalue weighted by Crippen LogP contribution is 2.09. The molecule has 1 aromatic rings. The van der Waals surface area contributed by atoms with Crippen molar-refractivity contribution in [2.45, 2.75) is 41.0 Å². The molecule has 1 N–H and O–H groups in total. The third kappa shape index (κ3) is 7.01. The Bertz CT molecular complexity index is 236. The van der Waals surface area contributed by atoms with Crippen LogP contribution in [0.25, 0.3) is 0 Å². The molecule has 0 aromatic heterocycles. The predicted molar refractivity (Wildman–Crippen MR) is 70.5 cm³/mol. The van der Waals surface area contributed by atoms with Crippen LogP contribution in [0.3, 0.4) is 0 Å². The second-order valence-corrected chi connectivity index (χ2v) is 3.98. The van der Waals surface area contributed by atoms with Gasteiger partial charge < -0.3 is 5.32 Å². The molecule has 0 amide bonds. The largest absolute Gasteiger partial charge is 0.385 e. The quantitative estimate of drug-likeness (QED) is 0.767. The lowest BCUT2D eigenvalue weighted by Crippen LogP contribution is -2.04. The molecule has 0 atom stereocenters. The Balaban J connectivity index is 0.000000921. The summed E-state index contributed by atoms with van der Waals surface area (Å²) in [6.45, 7) is 11.7. The van der Waals surface area contributed by atoms with Crippen molar-refractivity contribution in [3.05, 3.63) is 29.8 Å². The highest BCUT2D eigenvalue weighted by molar-refractivity contribution is 5.44. The van der Waals surface area contributed by atoms with E-state index in [1.165, 1.54) is 17.7 Å². The Hall–Kier alpha value is -0.980. The van der Waals surface area contributed by atoms with Crippen LogP contribution in [-0.2, 0) is 0 Å². The molecule has 1 heteroatoms. The molecule has 0 heterocycles. The van der Waals surface area contributed by atoms with Gasteiger partial charge in [-0.1, -0.05) is 45.4 Å². The molecule has 0 aliphatic heterocycles.